The lowest BCUT2D eigenvalue weighted by molar-refractivity contribution is -0.220. The minimum Gasteiger partial charge on any atom is -0.393 e. The Kier molecular flexibility index (Phi) is 26.0. The number of carbonyl (C=O) groups excluding carboxylic acids is 1. The van der Waals surface area contributed by atoms with E-state index < -0.39 is 75.2 Å². The lowest BCUT2D eigenvalue weighted by Gasteiger charge is -2.41. The van der Waals surface area contributed by atoms with Gasteiger partial charge in [-0.15, -0.1) is 0 Å². The van der Waals surface area contributed by atoms with Gasteiger partial charge >= 0.3 is 7.82 Å². The molecule has 8 atom stereocenters. The summed E-state index contributed by atoms with van der Waals surface area (Å²) in [5.41, 5.74) is 0. The van der Waals surface area contributed by atoms with Gasteiger partial charge in [0.15, 0.2) is 0 Å². The zero-order chi connectivity index (χ0) is 37.4. The maximum Gasteiger partial charge on any atom is 0.472 e. The maximum absolute atomic E-state index is 12.9. The predicted molar refractivity (Wildman–Crippen MR) is 192 cm³/mol. The second kappa shape index (κ2) is 27.6. The standard InChI is InChI=1S/C36H70NO12P/c1-3-5-7-9-11-13-15-17-19-21-23-27(38)25-30(40)37-28(29(39)24-22-20-18-16-14-12-10-8-6-4-2)26-48-50(46,47)49-36-34(44)32(42)31(41)33(43)35(36)45/h22,24,27-29,31-36,38-39,41-45H,3-21,23,25-26H2,1-2H3,(H,37,40)(H,46,47)/b24-22+. The van der Waals surface area contributed by atoms with Crippen LogP contribution in [0.4, 0.5) is 0 Å². The Bertz CT molecular complexity index is 927. The molecule has 1 fully saturated rings. The molecule has 13 nitrogen and oxygen atoms in total. The van der Waals surface area contributed by atoms with Gasteiger partial charge in [-0.25, -0.2) is 4.57 Å². The van der Waals surface area contributed by atoms with Crippen molar-refractivity contribution in [2.45, 2.75) is 204 Å². The number of nitrogens with one attached hydrogen (secondary N) is 1. The Morgan fingerprint density at radius 3 is 1.64 bits per heavy atom. The van der Waals surface area contributed by atoms with Crippen molar-refractivity contribution >= 4 is 13.7 Å². The van der Waals surface area contributed by atoms with Crippen molar-refractivity contribution in [3.63, 3.8) is 0 Å². The van der Waals surface area contributed by atoms with E-state index in [2.05, 4.69) is 19.2 Å². The normalized spacial score (nSPS) is 25.7. The number of aliphatic hydroxyl groups is 7. The van der Waals surface area contributed by atoms with Crippen LogP contribution >= 0.6 is 7.82 Å². The SMILES string of the molecule is CCCCCCCCCC/C=C/C(O)C(COP(=O)(O)OC1C(O)C(O)C(O)C(O)C1O)NC(=O)CC(O)CCCCCCCCCCCC. The molecule has 1 amide bonds. The van der Waals surface area contributed by atoms with E-state index >= 15 is 0 Å². The van der Waals surface area contributed by atoms with Crippen molar-refractivity contribution in [2.24, 2.45) is 0 Å². The topological polar surface area (TPSA) is 226 Å². The molecule has 0 aromatic rings. The summed E-state index contributed by atoms with van der Waals surface area (Å²) >= 11 is 0. The smallest absolute Gasteiger partial charge is 0.393 e. The number of allylic oxidation sites excluding steroid dienone is 1. The lowest BCUT2D eigenvalue weighted by atomic mass is 9.85. The van der Waals surface area contributed by atoms with Crippen LogP contribution in [0.1, 0.15) is 149 Å². The average Bonchev–Trinajstić information content (AvgIpc) is 3.08. The third kappa shape index (κ3) is 20.3. The van der Waals surface area contributed by atoms with Crippen LogP contribution in [0.2, 0.25) is 0 Å². The molecular formula is C36H70NO12P. The first-order chi connectivity index (χ1) is 23.8. The molecule has 0 spiro atoms. The number of hydrogen-bond acceptors (Lipinski definition) is 11. The Morgan fingerprint density at radius 2 is 1.14 bits per heavy atom. The van der Waals surface area contributed by atoms with E-state index in [4.69, 9.17) is 9.05 Å². The zero-order valence-electron chi connectivity index (χ0n) is 30.6. The van der Waals surface area contributed by atoms with Crippen molar-refractivity contribution in [1.29, 1.82) is 0 Å². The molecule has 0 heterocycles. The van der Waals surface area contributed by atoms with Crippen LogP contribution in [0.5, 0.6) is 0 Å². The summed E-state index contributed by atoms with van der Waals surface area (Å²) in [6, 6.07) is -1.23. The van der Waals surface area contributed by atoms with Crippen LogP contribution in [-0.2, 0) is 18.4 Å². The Balaban J connectivity index is 2.68. The van der Waals surface area contributed by atoms with E-state index in [9.17, 15) is 50.0 Å². The van der Waals surface area contributed by atoms with E-state index in [0.29, 0.717) is 12.8 Å². The zero-order valence-corrected chi connectivity index (χ0v) is 31.5. The van der Waals surface area contributed by atoms with E-state index in [-0.39, 0.29) is 6.42 Å². The van der Waals surface area contributed by atoms with Gasteiger partial charge in [-0.3, -0.25) is 13.8 Å². The third-order valence-corrected chi connectivity index (χ3v) is 10.4. The molecule has 1 rings (SSSR count). The van der Waals surface area contributed by atoms with Crippen LogP contribution in [0, 0.1) is 0 Å². The molecular weight excluding hydrogens is 669 g/mol. The van der Waals surface area contributed by atoms with E-state index in [1.807, 2.05) is 0 Å². The molecule has 9 N–H and O–H groups in total. The maximum atomic E-state index is 12.9. The van der Waals surface area contributed by atoms with Crippen LogP contribution in [0.25, 0.3) is 0 Å². The molecule has 0 aromatic heterocycles. The molecule has 296 valence electrons. The summed E-state index contributed by atoms with van der Waals surface area (Å²) < 4.78 is 22.7. The molecule has 0 aromatic carbocycles. The van der Waals surface area contributed by atoms with Crippen molar-refractivity contribution < 1.29 is 59.0 Å². The van der Waals surface area contributed by atoms with E-state index in [1.165, 1.54) is 76.7 Å². The molecule has 1 saturated carbocycles. The summed E-state index contributed by atoms with van der Waals surface area (Å²) in [7, 11) is -5.12. The summed E-state index contributed by atoms with van der Waals surface area (Å²) in [5.74, 6) is -0.597. The summed E-state index contributed by atoms with van der Waals surface area (Å²) in [5, 5.41) is 73.9. The second-order valence-corrected chi connectivity index (χ2v) is 15.4. The van der Waals surface area contributed by atoms with Gasteiger partial charge in [-0.2, -0.15) is 0 Å². The van der Waals surface area contributed by atoms with Crippen LogP contribution < -0.4 is 5.32 Å². The Morgan fingerprint density at radius 1 is 0.700 bits per heavy atom. The third-order valence-electron chi connectivity index (χ3n) is 9.37. The lowest BCUT2D eigenvalue weighted by Crippen LogP contribution is -2.64. The van der Waals surface area contributed by atoms with Gasteiger partial charge < -0.3 is 46.0 Å². The number of amides is 1. The largest absolute Gasteiger partial charge is 0.472 e. The number of rotatable bonds is 30. The molecule has 8 unspecified atom stereocenters. The van der Waals surface area contributed by atoms with Crippen molar-refractivity contribution in [3.05, 3.63) is 12.2 Å². The van der Waals surface area contributed by atoms with Crippen molar-refractivity contribution in [3.8, 4) is 0 Å². The highest BCUT2D eigenvalue weighted by molar-refractivity contribution is 7.47. The quantitative estimate of drug-likeness (QED) is 0.0286. The van der Waals surface area contributed by atoms with Crippen LogP contribution in [-0.4, -0.2) is 108 Å². The highest BCUT2D eigenvalue weighted by atomic mass is 31.2. The summed E-state index contributed by atoms with van der Waals surface area (Å²) in [4.78, 5) is 23.2. The number of aliphatic hydroxyl groups excluding tert-OH is 7. The van der Waals surface area contributed by atoms with Crippen molar-refractivity contribution in [1.82, 2.24) is 5.32 Å². The number of phosphoric acid groups is 1. The van der Waals surface area contributed by atoms with Crippen LogP contribution in [0.15, 0.2) is 12.2 Å². The molecule has 50 heavy (non-hydrogen) atoms. The van der Waals surface area contributed by atoms with E-state index in [0.717, 1.165) is 44.9 Å². The molecule has 0 aliphatic heterocycles. The molecule has 1 aliphatic carbocycles. The van der Waals surface area contributed by atoms with Gasteiger partial charge in [0.25, 0.3) is 0 Å². The van der Waals surface area contributed by atoms with E-state index in [1.54, 1.807) is 6.08 Å². The second-order valence-electron chi connectivity index (χ2n) is 14.0. The first-order valence-corrected chi connectivity index (χ1v) is 20.7. The molecule has 0 radical (unpaired) electrons. The van der Waals surface area contributed by atoms with Gasteiger partial charge in [0, 0.05) is 0 Å². The minimum absolute atomic E-state index is 0.242. The fraction of sp³-hybridized carbons (Fsp3) is 0.917. The molecule has 0 saturated heterocycles. The van der Waals surface area contributed by atoms with Gasteiger partial charge in [0.05, 0.1) is 31.3 Å². The van der Waals surface area contributed by atoms with Gasteiger partial charge in [-0.1, -0.05) is 135 Å². The Hall–Kier alpha value is -0.960. The highest BCUT2D eigenvalue weighted by Gasteiger charge is 2.51. The highest BCUT2D eigenvalue weighted by Crippen LogP contribution is 2.47. The van der Waals surface area contributed by atoms with Gasteiger partial charge in [0.1, 0.15) is 36.6 Å². The Labute approximate surface area is 300 Å². The molecule has 1 aliphatic rings. The number of phosphoric ester groups is 1. The van der Waals surface area contributed by atoms with Crippen LogP contribution in [0.3, 0.4) is 0 Å². The fourth-order valence-corrected chi connectivity index (χ4v) is 7.09. The van der Waals surface area contributed by atoms with Gasteiger partial charge in [0.2, 0.25) is 5.91 Å². The predicted octanol–water partition coefficient (Wildman–Crippen LogP) is 4.30. The fourth-order valence-electron chi connectivity index (χ4n) is 6.12. The summed E-state index contributed by atoms with van der Waals surface area (Å²) in [6.45, 7) is 3.65. The minimum atomic E-state index is -5.12. The first-order valence-electron chi connectivity index (χ1n) is 19.2. The number of unbranched alkanes of at least 4 members (excludes halogenated alkanes) is 17. The van der Waals surface area contributed by atoms with Crippen molar-refractivity contribution in [2.75, 3.05) is 6.61 Å². The monoisotopic (exact) mass is 739 g/mol. The number of hydrogen-bond donors (Lipinski definition) is 9. The molecule has 14 heteroatoms. The summed E-state index contributed by atoms with van der Waals surface area (Å²) in [6.07, 6.45) is 10.5. The van der Waals surface area contributed by atoms with Gasteiger partial charge in [-0.05, 0) is 19.3 Å². The first kappa shape index (κ1) is 47.1. The number of carbonyl (C=O) groups is 1. The average molecular weight is 740 g/mol. The molecule has 0 bridgehead atoms.